The molecule has 1 heterocycles. The highest BCUT2D eigenvalue weighted by molar-refractivity contribution is 7.91. The van der Waals surface area contributed by atoms with Crippen molar-refractivity contribution in [3.63, 3.8) is 0 Å². The third-order valence-corrected chi connectivity index (χ3v) is 6.13. The number of ether oxygens (including phenoxy) is 2. The maximum atomic E-state index is 12.8. The quantitative estimate of drug-likeness (QED) is 0.571. The maximum Gasteiger partial charge on any atom is 0.267 e. The Bertz CT molecular complexity index is 1270. The predicted octanol–water partition coefficient (Wildman–Crippen LogP) is 2.39. The molecule has 0 unspecified atom stereocenters. The fourth-order valence-electron chi connectivity index (χ4n) is 2.66. The Hall–Kier alpha value is -3.37. The summed E-state index contributed by atoms with van der Waals surface area (Å²) in [5.74, 6) is 0.262. The number of aromatic nitrogens is 2. The number of nitrogens with one attached hydrogen (secondary N) is 1. The highest BCUT2D eigenvalue weighted by Gasteiger charge is 2.21. The molecule has 0 bridgehead atoms. The first kappa shape index (κ1) is 22.3. The van der Waals surface area contributed by atoms with E-state index >= 15 is 0 Å². The maximum absolute atomic E-state index is 12.8. The predicted molar refractivity (Wildman–Crippen MR) is 114 cm³/mol. The van der Waals surface area contributed by atoms with Gasteiger partial charge in [0.05, 0.1) is 24.8 Å². The van der Waals surface area contributed by atoms with E-state index in [0.717, 1.165) is 16.8 Å². The number of methoxy groups -OCH3 is 2. The summed E-state index contributed by atoms with van der Waals surface area (Å²) in [5.41, 5.74) is -0.312. The van der Waals surface area contributed by atoms with E-state index in [1.54, 1.807) is 18.2 Å². The second-order valence-electron chi connectivity index (χ2n) is 6.24. The summed E-state index contributed by atoms with van der Waals surface area (Å²) in [5, 5.41) is 6.47. The Morgan fingerprint density at radius 3 is 2.42 bits per heavy atom. The Morgan fingerprint density at radius 2 is 1.77 bits per heavy atom. The number of hydrogen-bond acceptors (Lipinski definition) is 7. The lowest BCUT2D eigenvalue weighted by molar-refractivity contribution is -0.117. The molecule has 0 spiro atoms. The second kappa shape index (κ2) is 9.19. The van der Waals surface area contributed by atoms with Crippen molar-refractivity contribution in [1.82, 2.24) is 9.78 Å². The van der Waals surface area contributed by atoms with Crippen LogP contribution in [-0.4, -0.2) is 38.3 Å². The van der Waals surface area contributed by atoms with Crippen molar-refractivity contribution in [3.05, 3.63) is 70.0 Å². The van der Waals surface area contributed by atoms with E-state index in [-0.39, 0.29) is 9.92 Å². The molecule has 11 heteroatoms. The van der Waals surface area contributed by atoms with E-state index in [1.807, 2.05) is 0 Å². The van der Waals surface area contributed by atoms with E-state index in [1.165, 1.54) is 38.5 Å². The van der Waals surface area contributed by atoms with Gasteiger partial charge in [-0.1, -0.05) is 11.6 Å². The fourth-order valence-corrected chi connectivity index (χ4v) is 3.97. The van der Waals surface area contributed by atoms with Crippen LogP contribution in [0.1, 0.15) is 0 Å². The zero-order valence-corrected chi connectivity index (χ0v) is 18.1. The Balaban J connectivity index is 1.87. The summed E-state index contributed by atoms with van der Waals surface area (Å²) < 4.78 is 36.7. The van der Waals surface area contributed by atoms with Crippen LogP contribution in [0.3, 0.4) is 0 Å². The molecular formula is C20H18ClN3O6S. The summed E-state index contributed by atoms with van der Waals surface area (Å²) in [4.78, 5) is 24.6. The number of benzene rings is 2. The Labute approximate surface area is 183 Å². The third-order valence-electron chi connectivity index (χ3n) is 4.22. The largest absolute Gasteiger partial charge is 0.497 e. The Kier molecular flexibility index (Phi) is 6.62. The van der Waals surface area contributed by atoms with Gasteiger partial charge in [-0.25, -0.2) is 13.1 Å². The number of halogens is 1. The van der Waals surface area contributed by atoms with Gasteiger partial charge < -0.3 is 14.8 Å². The number of sulfone groups is 1. The van der Waals surface area contributed by atoms with Crippen LogP contribution in [0.25, 0.3) is 0 Å². The van der Waals surface area contributed by atoms with Gasteiger partial charge in [0.1, 0.15) is 18.0 Å². The van der Waals surface area contributed by atoms with Crippen molar-refractivity contribution < 1.29 is 22.7 Å². The molecule has 0 radical (unpaired) electrons. The normalized spacial score (nSPS) is 11.1. The highest BCUT2D eigenvalue weighted by atomic mass is 35.5. The number of carbonyl (C=O) groups is 1. The van der Waals surface area contributed by atoms with Gasteiger partial charge >= 0.3 is 0 Å². The first-order valence-corrected chi connectivity index (χ1v) is 10.7. The molecule has 3 aromatic rings. The van der Waals surface area contributed by atoms with Crippen molar-refractivity contribution in [2.75, 3.05) is 19.5 Å². The average Bonchev–Trinajstić information content (AvgIpc) is 2.75. The fraction of sp³-hybridized carbons (Fsp3) is 0.150. The zero-order chi connectivity index (χ0) is 22.6. The van der Waals surface area contributed by atoms with Gasteiger partial charge in [0.2, 0.25) is 15.7 Å². The number of amides is 1. The summed E-state index contributed by atoms with van der Waals surface area (Å²) in [6.45, 7) is -0.511. The highest BCUT2D eigenvalue weighted by Crippen LogP contribution is 2.28. The molecule has 0 saturated heterocycles. The van der Waals surface area contributed by atoms with E-state index in [4.69, 9.17) is 21.1 Å². The van der Waals surface area contributed by atoms with E-state index < -0.39 is 27.8 Å². The molecule has 0 aliphatic carbocycles. The first-order valence-electron chi connectivity index (χ1n) is 8.85. The minimum atomic E-state index is -4.01. The van der Waals surface area contributed by atoms with Crippen molar-refractivity contribution in [2.24, 2.45) is 0 Å². The summed E-state index contributed by atoms with van der Waals surface area (Å²) in [6, 6.07) is 12.5. The van der Waals surface area contributed by atoms with Crippen LogP contribution in [0.5, 0.6) is 11.5 Å². The molecule has 1 amide bonds. The second-order valence-corrected chi connectivity index (χ2v) is 8.57. The monoisotopic (exact) mass is 463 g/mol. The number of rotatable bonds is 7. The molecule has 3 rings (SSSR count). The van der Waals surface area contributed by atoms with Gasteiger partial charge in [-0.15, -0.1) is 0 Å². The summed E-state index contributed by atoms with van der Waals surface area (Å²) >= 11 is 5.80. The SMILES string of the molecule is COc1ccc(OC)c(NC(=O)Cn2nc(S(=O)(=O)c3ccc(Cl)cc3)ccc2=O)c1. The van der Waals surface area contributed by atoms with Crippen LogP contribution in [0.4, 0.5) is 5.69 Å². The zero-order valence-electron chi connectivity index (χ0n) is 16.5. The number of carbonyl (C=O) groups excluding carboxylic acids is 1. The smallest absolute Gasteiger partial charge is 0.267 e. The molecule has 2 aromatic carbocycles. The van der Waals surface area contributed by atoms with Crippen molar-refractivity contribution in [3.8, 4) is 11.5 Å². The molecule has 0 fully saturated rings. The average molecular weight is 464 g/mol. The molecule has 31 heavy (non-hydrogen) atoms. The number of anilines is 1. The van der Waals surface area contributed by atoms with Crippen molar-refractivity contribution >= 4 is 33.0 Å². The van der Waals surface area contributed by atoms with Crippen LogP contribution < -0.4 is 20.3 Å². The standard InChI is InChI=1S/C20H18ClN3O6S/c1-29-14-5-8-17(30-2)16(11-14)22-18(25)12-24-20(26)10-9-19(23-24)31(27,28)15-6-3-13(21)4-7-15/h3-11H,12H2,1-2H3,(H,22,25). The van der Waals surface area contributed by atoms with Gasteiger partial charge in [0.25, 0.3) is 5.56 Å². The van der Waals surface area contributed by atoms with Crippen LogP contribution in [0, 0.1) is 0 Å². The molecule has 1 aromatic heterocycles. The minimum absolute atomic E-state index is 0.0415. The lowest BCUT2D eigenvalue weighted by Gasteiger charge is -2.12. The van der Waals surface area contributed by atoms with Crippen LogP contribution in [0.15, 0.2) is 69.3 Å². The van der Waals surface area contributed by atoms with Gasteiger partial charge in [-0.3, -0.25) is 9.59 Å². The van der Waals surface area contributed by atoms with Gasteiger partial charge in [0, 0.05) is 17.2 Å². The van der Waals surface area contributed by atoms with Crippen LogP contribution in [-0.2, 0) is 21.2 Å². The van der Waals surface area contributed by atoms with Crippen molar-refractivity contribution in [1.29, 1.82) is 0 Å². The molecule has 0 aliphatic heterocycles. The van der Waals surface area contributed by atoms with Crippen LogP contribution >= 0.6 is 11.6 Å². The Morgan fingerprint density at radius 1 is 1.06 bits per heavy atom. The molecule has 1 N–H and O–H groups in total. The lowest BCUT2D eigenvalue weighted by Crippen LogP contribution is -2.30. The number of nitrogens with zero attached hydrogens (tertiary/aromatic N) is 2. The van der Waals surface area contributed by atoms with E-state index in [2.05, 4.69) is 10.4 Å². The van der Waals surface area contributed by atoms with Gasteiger partial charge in [-0.05, 0) is 42.5 Å². The molecular weight excluding hydrogens is 446 g/mol. The number of hydrogen-bond donors (Lipinski definition) is 1. The molecule has 162 valence electrons. The van der Waals surface area contributed by atoms with E-state index in [0.29, 0.717) is 22.2 Å². The summed E-state index contributed by atoms with van der Waals surface area (Å²) in [7, 11) is -1.09. The molecule has 0 saturated carbocycles. The van der Waals surface area contributed by atoms with Gasteiger partial charge in [-0.2, -0.15) is 5.10 Å². The lowest BCUT2D eigenvalue weighted by atomic mass is 10.2. The van der Waals surface area contributed by atoms with Crippen molar-refractivity contribution in [2.45, 2.75) is 16.5 Å². The van der Waals surface area contributed by atoms with Crippen LogP contribution in [0.2, 0.25) is 5.02 Å². The minimum Gasteiger partial charge on any atom is -0.497 e. The molecule has 9 nitrogen and oxygen atoms in total. The molecule has 0 aliphatic rings. The third kappa shape index (κ3) is 5.04. The van der Waals surface area contributed by atoms with Gasteiger partial charge in [0.15, 0.2) is 5.03 Å². The molecule has 0 atom stereocenters. The first-order chi connectivity index (χ1) is 14.7. The summed E-state index contributed by atoms with van der Waals surface area (Å²) in [6.07, 6.45) is 0. The topological polar surface area (TPSA) is 117 Å². The van der Waals surface area contributed by atoms with E-state index in [9.17, 15) is 18.0 Å².